The van der Waals surface area contributed by atoms with Crippen molar-refractivity contribution in [1.82, 2.24) is 14.8 Å². The number of nitrogens with zero attached hydrogens (tertiary/aromatic N) is 5. The number of aryl methyl sites for hydroxylation is 1. The van der Waals surface area contributed by atoms with Gasteiger partial charge in [0.1, 0.15) is 6.20 Å². The van der Waals surface area contributed by atoms with Crippen molar-refractivity contribution in [2.24, 2.45) is 11.0 Å². The summed E-state index contributed by atoms with van der Waals surface area (Å²) in [5.74, 6) is -0.468. The number of allylic oxidation sites excluding steroid dienone is 1. The molecule has 1 fully saturated rings. The summed E-state index contributed by atoms with van der Waals surface area (Å²) in [6, 6.07) is 7.76. The molecule has 1 saturated carbocycles. The summed E-state index contributed by atoms with van der Waals surface area (Å²) < 4.78 is 1.42. The number of hydrogen-bond donors (Lipinski definition) is 0. The standard InChI is InChI=1S/C22H21N5O3S2/c1-2-25-13-17(27(29)30)20(23-25)22(28)26-21(18-9-5-11-32-18)16-8-3-6-14(19(16)24-26)12-15-7-4-10-31-15/h4-5,7,9-13,16,21H,2-3,6,8H2,1H3. The third-order valence-electron chi connectivity index (χ3n) is 5.87. The summed E-state index contributed by atoms with van der Waals surface area (Å²) in [5, 5.41) is 26.1. The number of nitro groups is 1. The Kier molecular flexibility index (Phi) is 5.48. The van der Waals surface area contributed by atoms with Crippen LogP contribution in [0.2, 0.25) is 0 Å². The fourth-order valence-electron chi connectivity index (χ4n) is 4.42. The van der Waals surface area contributed by atoms with Crippen LogP contribution in [0.15, 0.2) is 51.9 Å². The summed E-state index contributed by atoms with van der Waals surface area (Å²) in [5.41, 5.74) is 1.60. The molecule has 0 N–H and O–H groups in total. The molecule has 164 valence electrons. The molecule has 3 aromatic rings. The van der Waals surface area contributed by atoms with Gasteiger partial charge in [-0.2, -0.15) is 10.2 Å². The van der Waals surface area contributed by atoms with Crippen molar-refractivity contribution < 1.29 is 9.72 Å². The van der Waals surface area contributed by atoms with Crippen molar-refractivity contribution >= 4 is 46.1 Å². The van der Waals surface area contributed by atoms with Crippen LogP contribution in [-0.4, -0.2) is 31.3 Å². The largest absolute Gasteiger partial charge is 0.320 e. The van der Waals surface area contributed by atoms with Crippen LogP contribution in [-0.2, 0) is 6.54 Å². The number of amides is 1. The van der Waals surface area contributed by atoms with Gasteiger partial charge < -0.3 is 0 Å². The Hall–Kier alpha value is -3.11. The third kappa shape index (κ3) is 3.59. The van der Waals surface area contributed by atoms with Crippen LogP contribution < -0.4 is 0 Å². The number of hydrazone groups is 1. The molecule has 0 bridgehead atoms. The van der Waals surface area contributed by atoms with Gasteiger partial charge in [0, 0.05) is 22.2 Å². The maximum atomic E-state index is 13.6. The predicted octanol–water partition coefficient (Wildman–Crippen LogP) is 5.37. The van der Waals surface area contributed by atoms with Crippen molar-refractivity contribution in [3.05, 3.63) is 72.4 Å². The van der Waals surface area contributed by atoms with Crippen LogP contribution in [0.25, 0.3) is 6.08 Å². The highest BCUT2D eigenvalue weighted by molar-refractivity contribution is 7.11. The van der Waals surface area contributed by atoms with Crippen LogP contribution in [0.1, 0.15) is 52.5 Å². The van der Waals surface area contributed by atoms with Crippen LogP contribution in [0.3, 0.4) is 0 Å². The van der Waals surface area contributed by atoms with Crippen LogP contribution in [0, 0.1) is 16.0 Å². The SMILES string of the molecule is CCn1cc([N+](=O)[O-])c(C(=O)N2N=C3C(=Cc4cccs4)CCCC3C2c2cccs2)n1. The fourth-order valence-corrected chi connectivity index (χ4v) is 5.98. The Morgan fingerprint density at radius 2 is 2.12 bits per heavy atom. The number of carbonyl (C=O) groups excluding carboxylic acids is 1. The van der Waals surface area contributed by atoms with Gasteiger partial charge in [-0.3, -0.25) is 19.6 Å². The summed E-state index contributed by atoms with van der Waals surface area (Å²) in [6.07, 6.45) is 6.29. The summed E-state index contributed by atoms with van der Waals surface area (Å²) in [4.78, 5) is 26.8. The van der Waals surface area contributed by atoms with Crippen LogP contribution in [0.4, 0.5) is 5.69 Å². The van der Waals surface area contributed by atoms with E-state index in [4.69, 9.17) is 5.10 Å². The summed E-state index contributed by atoms with van der Waals surface area (Å²) >= 11 is 3.24. The number of fused-ring (bicyclic) bond motifs is 1. The van der Waals surface area contributed by atoms with E-state index in [9.17, 15) is 14.9 Å². The topological polar surface area (TPSA) is 93.6 Å². The molecule has 5 rings (SSSR count). The quantitative estimate of drug-likeness (QED) is 0.372. The minimum Gasteiger partial charge on any atom is -0.265 e. The normalized spacial score (nSPS) is 21.6. The van der Waals surface area contributed by atoms with Gasteiger partial charge in [-0.1, -0.05) is 12.1 Å². The van der Waals surface area contributed by atoms with Crippen LogP contribution >= 0.6 is 22.7 Å². The van der Waals surface area contributed by atoms with Gasteiger partial charge in [-0.05, 0) is 60.7 Å². The Morgan fingerprint density at radius 3 is 2.81 bits per heavy atom. The molecule has 10 heteroatoms. The summed E-state index contributed by atoms with van der Waals surface area (Å²) in [7, 11) is 0. The molecule has 3 aromatic heterocycles. The highest BCUT2D eigenvalue weighted by atomic mass is 32.1. The first kappa shape index (κ1) is 20.8. The zero-order valence-electron chi connectivity index (χ0n) is 17.4. The van der Waals surface area contributed by atoms with E-state index in [0.717, 1.165) is 40.3 Å². The molecule has 1 amide bonds. The number of carbonyl (C=O) groups is 1. The molecule has 2 aliphatic rings. The van der Waals surface area contributed by atoms with E-state index in [0.29, 0.717) is 6.54 Å². The van der Waals surface area contributed by atoms with Gasteiger partial charge in [-0.25, -0.2) is 5.01 Å². The molecule has 8 nitrogen and oxygen atoms in total. The van der Waals surface area contributed by atoms with Gasteiger partial charge in [0.15, 0.2) is 0 Å². The first-order valence-corrected chi connectivity index (χ1v) is 12.2. The summed E-state index contributed by atoms with van der Waals surface area (Å²) in [6.45, 7) is 2.26. The minimum atomic E-state index is -0.551. The Balaban J connectivity index is 1.59. The highest BCUT2D eigenvalue weighted by Gasteiger charge is 2.46. The second-order valence-electron chi connectivity index (χ2n) is 7.75. The molecule has 0 saturated heterocycles. The molecular weight excluding hydrogens is 446 g/mol. The first-order chi connectivity index (χ1) is 15.6. The molecule has 2 unspecified atom stereocenters. The average molecular weight is 468 g/mol. The van der Waals surface area contributed by atoms with E-state index in [1.807, 2.05) is 35.9 Å². The van der Waals surface area contributed by atoms with Gasteiger partial charge in [0.2, 0.25) is 5.69 Å². The zero-order chi connectivity index (χ0) is 22.2. The number of rotatable bonds is 5. The number of thiophene rings is 2. The average Bonchev–Trinajstić information content (AvgIpc) is 3.58. The van der Waals surface area contributed by atoms with Crippen molar-refractivity contribution in [3.63, 3.8) is 0 Å². The zero-order valence-corrected chi connectivity index (χ0v) is 19.0. The Bertz CT molecular complexity index is 1210. The number of aromatic nitrogens is 2. The number of hydrogen-bond acceptors (Lipinski definition) is 7. The Labute approximate surface area is 192 Å². The molecule has 0 radical (unpaired) electrons. The molecule has 32 heavy (non-hydrogen) atoms. The van der Waals surface area contributed by atoms with E-state index in [1.54, 1.807) is 22.7 Å². The van der Waals surface area contributed by atoms with E-state index in [2.05, 4.69) is 17.2 Å². The minimum absolute atomic E-state index is 0.0601. The molecule has 0 aromatic carbocycles. The second kappa shape index (κ2) is 8.44. The van der Waals surface area contributed by atoms with E-state index in [1.165, 1.54) is 15.9 Å². The molecule has 4 heterocycles. The van der Waals surface area contributed by atoms with Crippen molar-refractivity contribution in [2.45, 2.75) is 38.8 Å². The van der Waals surface area contributed by atoms with E-state index in [-0.39, 0.29) is 23.3 Å². The first-order valence-electron chi connectivity index (χ1n) is 10.5. The van der Waals surface area contributed by atoms with Gasteiger partial charge >= 0.3 is 11.6 Å². The van der Waals surface area contributed by atoms with Crippen molar-refractivity contribution in [1.29, 1.82) is 0 Å². The lowest BCUT2D eigenvalue weighted by Gasteiger charge is -2.28. The maximum Gasteiger partial charge on any atom is 0.320 e. The van der Waals surface area contributed by atoms with Gasteiger partial charge in [0.25, 0.3) is 0 Å². The van der Waals surface area contributed by atoms with Crippen molar-refractivity contribution in [3.8, 4) is 0 Å². The van der Waals surface area contributed by atoms with E-state index < -0.39 is 10.8 Å². The lowest BCUT2D eigenvalue weighted by molar-refractivity contribution is -0.385. The lowest BCUT2D eigenvalue weighted by Crippen LogP contribution is -2.32. The van der Waals surface area contributed by atoms with E-state index >= 15 is 0 Å². The highest BCUT2D eigenvalue weighted by Crippen LogP contribution is 2.46. The van der Waals surface area contributed by atoms with Crippen LogP contribution in [0.5, 0.6) is 0 Å². The second-order valence-corrected chi connectivity index (χ2v) is 9.71. The molecule has 1 aliphatic carbocycles. The Morgan fingerprint density at radius 1 is 1.31 bits per heavy atom. The van der Waals surface area contributed by atoms with Crippen molar-refractivity contribution in [2.75, 3.05) is 0 Å². The third-order valence-corrected chi connectivity index (χ3v) is 7.63. The molecular formula is C22H21N5O3S2. The monoisotopic (exact) mass is 467 g/mol. The smallest absolute Gasteiger partial charge is 0.265 e. The molecule has 2 atom stereocenters. The lowest BCUT2D eigenvalue weighted by atomic mass is 9.79. The molecule has 1 aliphatic heterocycles. The van der Waals surface area contributed by atoms with Gasteiger partial charge in [0.05, 0.1) is 16.7 Å². The predicted molar refractivity (Wildman–Crippen MR) is 125 cm³/mol. The van der Waals surface area contributed by atoms with Gasteiger partial charge in [-0.15, -0.1) is 22.7 Å². The fraction of sp³-hybridized carbons (Fsp3) is 0.318. The molecule has 0 spiro atoms. The maximum absolute atomic E-state index is 13.6.